The summed E-state index contributed by atoms with van der Waals surface area (Å²) in [6.45, 7) is -0.435. The van der Waals surface area contributed by atoms with Gasteiger partial charge in [0.1, 0.15) is 0 Å². The Kier molecular flexibility index (Phi) is 5.45. The molecule has 0 saturated carbocycles. The fourth-order valence-corrected chi connectivity index (χ4v) is 1.24. The van der Waals surface area contributed by atoms with Gasteiger partial charge in [0.05, 0.1) is 12.1 Å². The Morgan fingerprint density at radius 3 is 1.89 bits per heavy atom. The maximum absolute atomic E-state index is 12.0. The quantitative estimate of drug-likeness (QED) is 0.732. The lowest BCUT2D eigenvalue weighted by Gasteiger charge is -2.28. The zero-order chi connectivity index (χ0) is 14.6. The molecule has 0 heterocycles. The van der Waals surface area contributed by atoms with Crippen molar-refractivity contribution in [3.63, 3.8) is 0 Å². The average molecular weight is 280 g/mol. The summed E-state index contributed by atoms with van der Waals surface area (Å²) in [5.74, 6) is -1.12. The Hall–Kier alpha value is -0.990. The summed E-state index contributed by atoms with van der Waals surface area (Å²) in [6, 6.07) is 0. The van der Waals surface area contributed by atoms with Crippen LogP contribution in [0.25, 0.3) is 0 Å². The Labute approximate surface area is 99.7 Å². The Bertz CT molecular complexity index is 288. The van der Waals surface area contributed by atoms with Crippen molar-refractivity contribution in [3.05, 3.63) is 0 Å². The molecule has 1 atom stereocenters. The minimum Gasteiger partial charge on any atom is -0.368 e. The number of carbonyl (C=O) groups is 1. The molecule has 0 saturated heterocycles. The topological polar surface area (TPSA) is 55.1 Å². The van der Waals surface area contributed by atoms with Gasteiger partial charge in [0.25, 0.3) is 0 Å². The number of hydrogen-bond donors (Lipinski definition) is 2. The fourth-order valence-electron chi connectivity index (χ4n) is 1.24. The van der Waals surface area contributed by atoms with E-state index in [-0.39, 0.29) is 0 Å². The number of amides is 1. The number of halogens is 6. The van der Waals surface area contributed by atoms with Crippen LogP contribution < -0.4 is 11.1 Å². The highest BCUT2D eigenvalue weighted by Crippen LogP contribution is 2.25. The van der Waals surface area contributed by atoms with E-state index in [1.54, 1.807) is 0 Å². The van der Waals surface area contributed by atoms with Crippen molar-refractivity contribution in [2.24, 2.45) is 5.73 Å². The molecule has 0 radical (unpaired) electrons. The average Bonchev–Trinajstić information content (AvgIpc) is 2.11. The van der Waals surface area contributed by atoms with Crippen LogP contribution in [0.2, 0.25) is 0 Å². The van der Waals surface area contributed by atoms with E-state index < -0.39 is 49.6 Å². The minimum atomic E-state index is -4.57. The molecule has 0 aromatic heterocycles. The van der Waals surface area contributed by atoms with Gasteiger partial charge in [-0.25, -0.2) is 0 Å². The second-order valence-electron chi connectivity index (χ2n) is 4.13. The lowest BCUT2D eigenvalue weighted by molar-refractivity contribution is -0.142. The van der Waals surface area contributed by atoms with Crippen molar-refractivity contribution in [2.45, 2.75) is 44.1 Å². The van der Waals surface area contributed by atoms with E-state index in [0.29, 0.717) is 0 Å². The zero-order valence-electron chi connectivity index (χ0n) is 9.58. The highest BCUT2D eigenvalue weighted by atomic mass is 19.4. The van der Waals surface area contributed by atoms with Crippen molar-refractivity contribution in [2.75, 3.05) is 6.54 Å². The summed E-state index contributed by atoms with van der Waals surface area (Å²) in [5, 5.41) is 1.85. The van der Waals surface area contributed by atoms with Gasteiger partial charge in [0.2, 0.25) is 5.91 Å². The third-order valence-corrected chi connectivity index (χ3v) is 2.36. The monoisotopic (exact) mass is 280 g/mol. The first-order valence-corrected chi connectivity index (χ1v) is 5.04. The molecule has 0 aliphatic rings. The van der Waals surface area contributed by atoms with E-state index in [9.17, 15) is 31.1 Å². The van der Waals surface area contributed by atoms with Crippen LogP contribution in [0.5, 0.6) is 0 Å². The maximum atomic E-state index is 12.0. The summed E-state index contributed by atoms with van der Waals surface area (Å²) in [6.07, 6.45) is -11.1. The smallest absolute Gasteiger partial charge is 0.368 e. The molecule has 0 aromatic rings. The summed E-state index contributed by atoms with van der Waals surface area (Å²) in [4.78, 5) is 11.0. The van der Waals surface area contributed by atoms with Crippen LogP contribution in [-0.4, -0.2) is 30.3 Å². The number of primary amides is 1. The van der Waals surface area contributed by atoms with Gasteiger partial charge in [0.15, 0.2) is 0 Å². The molecule has 18 heavy (non-hydrogen) atoms. The highest BCUT2D eigenvalue weighted by Gasteiger charge is 2.37. The van der Waals surface area contributed by atoms with Crippen molar-refractivity contribution in [3.8, 4) is 0 Å². The molecule has 0 spiro atoms. The first-order valence-electron chi connectivity index (χ1n) is 5.04. The maximum Gasteiger partial charge on any atom is 0.401 e. The molecule has 108 valence electrons. The third kappa shape index (κ3) is 7.36. The van der Waals surface area contributed by atoms with E-state index in [4.69, 9.17) is 5.73 Å². The predicted octanol–water partition coefficient (Wildman–Crippen LogP) is 2.11. The van der Waals surface area contributed by atoms with Gasteiger partial charge in [-0.2, -0.15) is 26.3 Å². The summed E-state index contributed by atoms with van der Waals surface area (Å²) >= 11 is 0. The van der Waals surface area contributed by atoms with E-state index >= 15 is 0 Å². The molecule has 0 bridgehead atoms. The number of carbonyl (C=O) groups excluding carboxylic acids is 1. The van der Waals surface area contributed by atoms with Gasteiger partial charge in [-0.05, 0) is 19.8 Å². The van der Waals surface area contributed by atoms with Crippen LogP contribution in [0.4, 0.5) is 26.3 Å². The van der Waals surface area contributed by atoms with E-state index in [2.05, 4.69) is 0 Å². The molecule has 9 heteroatoms. The lowest BCUT2D eigenvalue weighted by atomic mass is 9.94. The number of alkyl halides is 6. The van der Waals surface area contributed by atoms with E-state index in [1.807, 2.05) is 5.32 Å². The molecular weight excluding hydrogens is 266 g/mol. The fraction of sp³-hybridized carbons (Fsp3) is 0.889. The molecule has 1 amide bonds. The van der Waals surface area contributed by atoms with Crippen molar-refractivity contribution in [1.82, 2.24) is 5.32 Å². The van der Waals surface area contributed by atoms with Crippen molar-refractivity contribution in [1.29, 1.82) is 0 Å². The SMILES string of the molecule is CC(CCCC(F)(F)F)(NCC(F)(F)F)C(N)=O. The van der Waals surface area contributed by atoms with Crippen LogP contribution in [0.1, 0.15) is 26.2 Å². The van der Waals surface area contributed by atoms with Crippen molar-refractivity contribution < 1.29 is 31.1 Å². The highest BCUT2D eigenvalue weighted by molar-refractivity contribution is 5.84. The van der Waals surface area contributed by atoms with Gasteiger partial charge in [-0.3, -0.25) is 10.1 Å². The van der Waals surface area contributed by atoms with E-state index in [1.165, 1.54) is 0 Å². The zero-order valence-corrected chi connectivity index (χ0v) is 9.58. The van der Waals surface area contributed by atoms with Crippen molar-refractivity contribution >= 4 is 5.91 Å². The van der Waals surface area contributed by atoms with Gasteiger partial charge >= 0.3 is 12.4 Å². The number of hydrogen-bond acceptors (Lipinski definition) is 2. The third-order valence-electron chi connectivity index (χ3n) is 2.36. The number of nitrogens with one attached hydrogen (secondary N) is 1. The first kappa shape index (κ1) is 17.0. The van der Waals surface area contributed by atoms with Gasteiger partial charge in [-0.1, -0.05) is 0 Å². The van der Waals surface area contributed by atoms with E-state index in [0.717, 1.165) is 6.92 Å². The first-order chi connectivity index (χ1) is 7.86. The molecule has 0 fully saturated rings. The standard InChI is InChI=1S/C9H14F6N2O/c1-7(6(16)18,17-5-9(13,14)15)3-2-4-8(10,11)12/h17H,2-5H2,1H3,(H2,16,18). The Morgan fingerprint density at radius 1 is 1.06 bits per heavy atom. The van der Waals surface area contributed by atoms with Gasteiger partial charge < -0.3 is 5.73 Å². The largest absolute Gasteiger partial charge is 0.401 e. The minimum absolute atomic E-state index is 0.419. The predicted molar refractivity (Wildman–Crippen MR) is 51.6 cm³/mol. The Morgan fingerprint density at radius 2 is 1.56 bits per heavy atom. The lowest BCUT2D eigenvalue weighted by Crippen LogP contribution is -2.55. The summed E-state index contributed by atoms with van der Waals surface area (Å²) in [5.41, 5.74) is 3.10. The molecular formula is C9H14F6N2O. The van der Waals surface area contributed by atoms with Gasteiger partial charge in [0, 0.05) is 6.42 Å². The summed E-state index contributed by atoms with van der Waals surface area (Å²) in [7, 11) is 0. The molecule has 0 aliphatic heterocycles. The van der Waals surface area contributed by atoms with Crippen LogP contribution in [0.3, 0.4) is 0 Å². The molecule has 1 unspecified atom stereocenters. The van der Waals surface area contributed by atoms with Crippen LogP contribution in [0.15, 0.2) is 0 Å². The Balaban J connectivity index is 4.40. The summed E-state index contributed by atoms with van der Waals surface area (Å²) < 4.78 is 71.6. The molecule has 0 rings (SSSR count). The second kappa shape index (κ2) is 5.77. The number of nitrogens with two attached hydrogens (primary N) is 1. The molecule has 0 aliphatic carbocycles. The second-order valence-corrected chi connectivity index (χ2v) is 4.13. The number of rotatable bonds is 6. The molecule has 3 nitrogen and oxygen atoms in total. The van der Waals surface area contributed by atoms with Crippen LogP contribution in [0, 0.1) is 0 Å². The molecule has 0 aromatic carbocycles. The van der Waals surface area contributed by atoms with Crippen LogP contribution in [-0.2, 0) is 4.79 Å². The normalized spacial score (nSPS) is 16.4. The van der Waals surface area contributed by atoms with Crippen LogP contribution >= 0.6 is 0 Å². The molecule has 3 N–H and O–H groups in total. The van der Waals surface area contributed by atoms with Gasteiger partial charge in [-0.15, -0.1) is 0 Å².